The largest absolute Gasteiger partial charge is 0.497 e. The van der Waals surface area contributed by atoms with Crippen molar-refractivity contribution in [2.45, 2.75) is 13.0 Å². The first-order valence-corrected chi connectivity index (χ1v) is 7.33. The molecule has 112 valence electrons. The van der Waals surface area contributed by atoms with E-state index in [0.29, 0.717) is 22.4 Å². The lowest BCUT2D eigenvalue weighted by Gasteiger charge is -2.17. The highest BCUT2D eigenvalue weighted by molar-refractivity contribution is 6.34. The van der Waals surface area contributed by atoms with E-state index in [1.807, 2.05) is 31.2 Å². The standard InChI is InChI=1S/C16H17Cl2NO2/c1-3-21-15-9-13(17)12(8-14(15)18)16(19)10-4-6-11(20-2)7-5-10/h4-9,16H,3,19H2,1-2H3. The second kappa shape index (κ2) is 7.03. The first-order valence-electron chi connectivity index (χ1n) is 6.58. The predicted molar refractivity (Wildman–Crippen MR) is 86.7 cm³/mol. The quantitative estimate of drug-likeness (QED) is 0.883. The lowest BCUT2D eigenvalue weighted by molar-refractivity contribution is 0.340. The predicted octanol–water partition coefficient (Wildman–Crippen LogP) is 4.45. The zero-order valence-electron chi connectivity index (χ0n) is 11.9. The zero-order chi connectivity index (χ0) is 15.4. The second-order valence-corrected chi connectivity index (χ2v) is 5.30. The number of rotatable bonds is 5. The van der Waals surface area contributed by atoms with Crippen LogP contribution in [-0.2, 0) is 0 Å². The highest BCUT2D eigenvalue weighted by Gasteiger charge is 2.16. The van der Waals surface area contributed by atoms with E-state index in [2.05, 4.69) is 0 Å². The summed E-state index contributed by atoms with van der Waals surface area (Å²) in [6.45, 7) is 2.42. The number of methoxy groups -OCH3 is 1. The van der Waals surface area contributed by atoms with E-state index in [4.69, 9.17) is 38.4 Å². The summed E-state index contributed by atoms with van der Waals surface area (Å²) in [7, 11) is 1.62. The van der Waals surface area contributed by atoms with Crippen molar-refractivity contribution < 1.29 is 9.47 Å². The molecule has 1 unspecified atom stereocenters. The number of benzene rings is 2. The highest BCUT2D eigenvalue weighted by Crippen LogP contribution is 2.35. The molecule has 0 saturated heterocycles. The van der Waals surface area contributed by atoms with Crippen LogP contribution in [0.4, 0.5) is 0 Å². The SMILES string of the molecule is CCOc1cc(Cl)c(C(N)c2ccc(OC)cc2)cc1Cl. The topological polar surface area (TPSA) is 44.5 Å². The molecule has 0 amide bonds. The molecule has 21 heavy (non-hydrogen) atoms. The van der Waals surface area contributed by atoms with Crippen LogP contribution in [0, 0.1) is 0 Å². The first kappa shape index (κ1) is 16.0. The van der Waals surface area contributed by atoms with Crippen molar-refractivity contribution in [1.29, 1.82) is 0 Å². The van der Waals surface area contributed by atoms with Gasteiger partial charge in [0.2, 0.25) is 0 Å². The molecule has 2 N–H and O–H groups in total. The summed E-state index contributed by atoms with van der Waals surface area (Å²) in [6, 6.07) is 10.6. The molecule has 0 heterocycles. The molecular formula is C16H17Cl2NO2. The fraction of sp³-hybridized carbons (Fsp3) is 0.250. The van der Waals surface area contributed by atoms with Gasteiger partial charge < -0.3 is 15.2 Å². The Labute approximate surface area is 134 Å². The van der Waals surface area contributed by atoms with E-state index >= 15 is 0 Å². The fourth-order valence-electron chi connectivity index (χ4n) is 2.04. The summed E-state index contributed by atoms with van der Waals surface area (Å²) < 4.78 is 10.6. The molecule has 0 aromatic heterocycles. The van der Waals surface area contributed by atoms with Gasteiger partial charge in [-0.25, -0.2) is 0 Å². The number of halogens is 2. The van der Waals surface area contributed by atoms with Crippen LogP contribution in [-0.4, -0.2) is 13.7 Å². The van der Waals surface area contributed by atoms with Gasteiger partial charge in [-0.05, 0) is 36.2 Å². The molecule has 2 aromatic rings. The summed E-state index contributed by atoms with van der Waals surface area (Å²) in [5.74, 6) is 1.34. The van der Waals surface area contributed by atoms with Crippen LogP contribution in [0.1, 0.15) is 24.1 Å². The summed E-state index contributed by atoms with van der Waals surface area (Å²) in [6.07, 6.45) is 0. The molecule has 0 aliphatic heterocycles. The van der Waals surface area contributed by atoms with Crippen LogP contribution in [0.25, 0.3) is 0 Å². The Kier molecular flexibility index (Phi) is 5.34. The Morgan fingerprint density at radius 2 is 1.76 bits per heavy atom. The number of nitrogens with two attached hydrogens (primary N) is 1. The van der Waals surface area contributed by atoms with Gasteiger partial charge in [-0.2, -0.15) is 0 Å². The van der Waals surface area contributed by atoms with Crippen LogP contribution in [0.15, 0.2) is 36.4 Å². The van der Waals surface area contributed by atoms with Crippen molar-refractivity contribution in [3.63, 3.8) is 0 Å². The Bertz CT molecular complexity index is 614. The Morgan fingerprint density at radius 1 is 1.10 bits per heavy atom. The lowest BCUT2D eigenvalue weighted by Crippen LogP contribution is -2.12. The summed E-state index contributed by atoms with van der Waals surface area (Å²) in [5.41, 5.74) is 7.97. The average Bonchev–Trinajstić information content (AvgIpc) is 2.50. The number of hydrogen-bond donors (Lipinski definition) is 1. The minimum atomic E-state index is -0.364. The molecule has 0 fully saturated rings. The molecule has 2 aromatic carbocycles. The maximum absolute atomic E-state index is 6.30. The summed E-state index contributed by atoms with van der Waals surface area (Å²) in [4.78, 5) is 0. The van der Waals surface area contributed by atoms with Crippen molar-refractivity contribution in [2.75, 3.05) is 13.7 Å². The molecule has 1 atom stereocenters. The smallest absolute Gasteiger partial charge is 0.139 e. The van der Waals surface area contributed by atoms with Crippen molar-refractivity contribution in [3.8, 4) is 11.5 Å². The van der Waals surface area contributed by atoms with Crippen LogP contribution in [0.2, 0.25) is 10.0 Å². The van der Waals surface area contributed by atoms with Gasteiger partial charge in [0.25, 0.3) is 0 Å². The number of hydrogen-bond acceptors (Lipinski definition) is 3. The first-order chi connectivity index (χ1) is 10.1. The molecule has 2 rings (SSSR count). The summed E-state index contributed by atoms with van der Waals surface area (Å²) >= 11 is 12.5. The van der Waals surface area contributed by atoms with Crippen molar-refractivity contribution >= 4 is 23.2 Å². The van der Waals surface area contributed by atoms with Gasteiger partial charge in [0.05, 0.1) is 24.8 Å². The van der Waals surface area contributed by atoms with Gasteiger partial charge in [-0.1, -0.05) is 35.3 Å². The molecule has 3 nitrogen and oxygen atoms in total. The van der Waals surface area contributed by atoms with Gasteiger partial charge in [0.15, 0.2) is 0 Å². The highest BCUT2D eigenvalue weighted by atomic mass is 35.5. The number of ether oxygens (including phenoxy) is 2. The van der Waals surface area contributed by atoms with Crippen molar-refractivity contribution in [1.82, 2.24) is 0 Å². The normalized spacial score (nSPS) is 12.0. The van der Waals surface area contributed by atoms with Crippen LogP contribution >= 0.6 is 23.2 Å². The van der Waals surface area contributed by atoms with Gasteiger partial charge in [0, 0.05) is 11.1 Å². The molecule has 0 radical (unpaired) electrons. The molecule has 5 heteroatoms. The average molecular weight is 326 g/mol. The van der Waals surface area contributed by atoms with Crippen LogP contribution in [0.5, 0.6) is 11.5 Å². The summed E-state index contributed by atoms with van der Waals surface area (Å²) in [5, 5.41) is 1.03. The lowest BCUT2D eigenvalue weighted by atomic mass is 9.99. The molecule has 0 aliphatic rings. The van der Waals surface area contributed by atoms with Gasteiger partial charge in [-0.15, -0.1) is 0 Å². The molecular weight excluding hydrogens is 309 g/mol. The molecule has 0 saturated carbocycles. The van der Waals surface area contributed by atoms with E-state index in [1.54, 1.807) is 19.2 Å². The van der Waals surface area contributed by atoms with E-state index in [1.165, 1.54) is 0 Å². The Morgan fingerprint density at radius 3 is 2.33 bits per heavy atom. The van der Waals surface area contributed by atoms with Crippen LogP contribution < -0.4 is 15.2 Å². The van der Waals surface area contributed by atoms with Crippen LogP contribution in [0.3, 0.4) is 0 Å². The minimum Gasteiger partial charge on any atom is -0.497 e. The third-order valence-corrected chi connectivity index (χ3v) is 3.78. The van der Waals surface area contributed by atoms with E-state index in [0.717, 1.165) is 16.9 Å². The Balaban J connectivity index is 2.33. The van der Waals surface area contributed by atoms with E-state index < -0.39 is 0 Å². The molecule has 0 spiro atoms. The Hall–Kier alpha value is -1.42. The zero-order valence-corrected chi connectivity index (χ0v) is 13.4. The second-order valence-electron chi connectivity index (χ2n) is 4.49. The van der Waals surface area contributed by atoms with E-state index in [-0.39, 0.29) is 6.04 Å². The third-order valence-electron chi connectivity index (χ3n) is 3.16. The van der Waals surface area contributed by atoms with Gasteiger partial charge in [0.1, 0.15) is 11.5 Å². The maximum atomic E-state index is 6.30. The maximum Gasteiger partial charge on any atom is 0.139 e. The third kappa shape index (κ3) is 3.62. The molecule has 0 bridgehead atoms. The minimum absolute atomic E-state index is 0.364. The molecule has 0 aliphatic carbocycles. The van der Waals surface area contributed by atoms with E-state index in [9.17, 15) is 0 Å². The van der Waals surface area contributed by atoms with Gasteiger partial charge >= 0.3 is 0 Å². The fourth-order valence-corrected chi connectivity index (χ4v) is 2.54. The van der Waals surface area contributed by atoms with Crippen molar-refractivity contribution in [2.24, 2.45) is 5.73 Å². The monoisotopic (exact) mass is 325 g/mol. The van der Waals surface area contributed by atoms with Gasteiger partial charge in [-0.3, -0.25) is 0 Å². The van der Waals surface area contributed by atoms with Crippen molar-refractivity contribution in [3.05, 3.63) is 57.6 Å².